The van der Waals surface area contributed by atoms with Crippen LogP contribution in [0.3, 0.4) is 0 Å². The van der Waals surface area contributed by atoms with Crippen LogP contribution >= 0.6 is 15.9 Å². The van der Waals surface area contributed by atoms with Crippen LogP contribution in [0.2, 0.25) is 0 Å². The molecule has 0 aliphatic heterocycles. The van der Waals surface area contributed by atoms with Crippen LogP contribution in [0.15, 0.2) is 71.3 Å². The maximum atomic E-state index is 12.8. The van der Waals surface area contributed by atoms with Gasteiger partial charge in [-0.25, -0.2) is 4.98 Å². The lowest BCUT2D eigenvalue weighted by Gasteiger charge is -2.11. The second kappa shape index (κ2) is 7.20. The van der Waals surface area contributed by atoms with Crippen LogP contribution < -0.4 is 10.1 Å². The van der Waals surface area contributed by atoms with Gasteiger partial charge in [0.15, 0.2) is 5.65 Å². The van der Waals surface area contributed by atoms with Crippen molar-refractivity contribution in [2.45, 2.75) is 0 Å². The van der Waals surface area contributed by atoms with Crippen LogP contribution in [0.25, 0.3) is 16.9 Å². The van der Waals surface area contributed by atoms with Crippen molar-refractivity contribution in [3.63, 3.8) is 0 Å². The fourth-order valence-electron chi connectivity index (χ4n) is 2.81. The Morgan fingerprint density at radius 3 is 2.67 bits per heavy atom. The number of pyridine rings is 1. The van der Waals surface area contributed by atoms with E-state index in [-0.39, 0.29) is 5.91 Å². The average molecular weight is 423 g/mol. The number of carbonyl (C=O) groups is 1. The Balaban J connectivity index is 1.77. The van der Waals surface area contributed by atoms with Gasteiger partial charge in [-0.05, 0) is 58.4 Å². The van der Waals surface area contributed by atoms with Crippen molar-refractivity contribution < 1.29 is 9.53 Å². The summed E-state index contributed by atoms with van der Waals surface area (Å²) in [4.78, 5) is 21.6. The number of hydrogen-bond donors (Lipinski definition) is 1. The normalized spacial score (nSPS) is 10.7. The molecule has 4 rings (SSSR count). The zero-order valence-electron chi connectivity index (χ0n) is 14.4. The number of halogens is 1. The van der Waals surface area contributed by atoms with Crippen molar-refractivity contribution in [3.05, 3.63) is 76.9 Å². The van der Waals surface area contributed by atoms with Crippen LogP contribution in [0, 0.1) is 0 Å². The maximum absolute atomic E-state index is 12.8. The first-order chi connectivity index (χ1) is 13.2. The predicted octanol–water partition coefficient (Wildman–Crippen LogP) is 4.44. The minimum absolute atomic E-state index is 0.281. The molecule has 27 heavy (non-hydrogen) atoms. The number of fused-ring (bicyclic) bond motifs is 1. The molecular weight excluding hydrogens is 408 g/mol. The van der Waals surface area contributed by atoms with Crippen LogP contribution in [0.4, 0.5) is 5.95 Å². The van der Waals surface area contributed by atoms with E-state index >= 15 is 0 Å². The predicted molar refractivity (Wildman–Crippen MR) is 108 cm³/mol. The number of methoxy groups -OCH3 is 1. The van der Waals surface area contributed by atoms with E-state index in [0.29, 0.717) is 27.4 Å². The number of nitrogens with one attached hydrogen (secondary N) is 1. The smallest absolute Gasteiger partial charge is 0.259 e. The van der Waals surface area contributed by atoms with Crippen LogP contribution in [0.5, 0.6) is 5.75 Å². The molecule has 1 amide bonds. The lowest BCUT2D eigenvalue weighted by atomic mass is 10.2. The van der Waals surface area contributed by atoms with E-state index in [1.165, 1.54) is 0 Å². The van der Waals surface area contributed by atoms with Crippen molar-refractivity contribution in [1.82, 2.24) is 14.5 Å². The largest absolute Gasteiger partial charge is 0.497 e. The number of hydrogen-bond acceptors (Lipinski definition) is 4. The lowest BCUT2D eigenvalue weighted by molar-refractivity contribution is 0.102. The monoisotopic (exact) mass is 422 g/mol. The Morgan fingerprint density at radius 2 is 1.93 bits per heavy atom. The van der Waals surface area contributed by atoms with Crippen molar-refractivity contribution in [2.24, 2.45) is 0 Å². The zero-order valence-corrected chi connectivity index (χ0v) is 16.0. The van der Waals surface area contributed by atoms with Gasteiger partial charge in [-0.3, -0.25) is 14.7 Å². The van der Waals surface area contributed by atoms with Crippen molar-refractivity contribution >= 4 is 38.9 Å². The third kappa shape index (κ3) is 3.29. The molecule has 7 heteroatoms. The molecule has 6 nitrogen and oxygen atoms in total. The minimum Gasteiger partial charge on any atom is -0.497 e. The number of nitrogens with zero attached hydrogens (tertiary/aromatic N) is 3. The van der Waals surface area contributed by atoms with E-state index in [0.717, 1.165) is 11.2 Å². The summed E-state index contributed by atoms with van der Waals surface area (Å²) in [6, 6.07) is 18.7. The van der Waals surface area contributed by atoms with Gasteiger partial charge in [0, 0.05) is 16.4 Å². The van der Waals surface area contributed by atoms with Crippen LogP contribution in [0.1, 0.15) is 10.4 Å². The Hall–Kier alpha value is -3.19. The van der Waals surface area contributed by atoms with Gasteiger partial charge in [-0.2, -0.15) is 4.98 Å². The molecule has 0 saturated heterocycles. The molecule has 2 aromatic carbocycles. The quantitative estimate of drug-likeness (QED) is 0.527. The molecule has 0 atom stereocenters. The number of para-hydroxylation sites is 1. The molecule has 0 saturated carbocycles. The third-order valence-corrected chi connectivity index (χ3v) is 4.75. The van der Waals surface area contributed by atoms with Crippen molar-refractivity contribution in [2.75, 3.05) is 12.4 Å². The van der Waals surface area contributed by atoms with Crippen molar-refractivity contribution in [1.29, 1.82) is 0 Å². The summed E-state index contributed by atoms with van der Waals surface area (Å²) in [5.74, 6) is 0.791. The highest BCUT2D eigenvalue weighted by molar-refractivity contribution is 9.10. The lowest BCUT2D eigenvalue weighted by Crippen LogP contribution is -2.16. The molecule has 0 aliphatic carbocycles. The van der Waals surface area contributed by atoms with E-state index in [9.17, 15) is 4.79 Å². The summed E-state index contributed by atoms with van der Waals surface area (Å²) in [7, 11) is 1.58. The van der Waals surface area contributed by atoms with E-state index in [2.05, 4.69) is 31.2 Å². The molecule has 0 radical (unpaired) electrons. The first-order valence-corrected chi connectivity index (χ1v) is 9.00. The van der Waals surface area contributed by atoms with Gasteiger partial charge in [0.25, 0.3) is 5.91 Å². The number of anilines is 1. The second-order valence-electron chi connectivity index (χ2n) is 5.75. The Labute approximate surface area is 164 Å². The SMILES string of the molecule is COc1ccc(C(=O)Nc2nc3ncccc3n2-c2ccccc2)c(Br)c1. The van der Waals surface area contributed by atoms with Crippen LogP contribution in [-0.4, -0.2) is 27.6 Å². The summed E-state index contributed by atoms with van der Waals surface area (Å²) in [6.45, 7) is 0. The fraction of sp³-hybridized carbons (Fsp3) is 0.0500. The highest BCUT2D eigenvalue weighted by atomic mass is 79.9. The van der Waals surface area contributed by atoms with Gasteiger partial charge in [0.05, 0.1) is 18.2 Å². The summed E-state index contributed by atoms with van der Waals surface area (Å²) < 4.78 is 7.69. The first-order valence-electron chi connectivity index (χ1n) is 8.21. The second-order valence-corrected chi connectivity index (χ2v) is 6.61. The van der Waals surface area contributed by atoms with Gasteiger partial charge < -0.3 is 4.74 Å². The molecule has 0 spiro atoms. The number of benzene rings is 2. The third-order valence-electron chi connectivity index (χ3n) is 4.09. The number of aromatic nitrogens is 3. The average Bonchev–Trinajstić information content (AvgIpc) is 3.06. The Kier molecular flexibility index (Phi) is 4.60. The van der Waals surface area contributed by atoms with Gasteiger partial charge in [-0.15, -0.1) is 0 Å². The molecule has 4 aromatic rings. The highest BCUT2D eigenvalue weighted by Gasteiger charge is 2.18. The number of ether oxygens (including phenoxy) is 1. The number of imidazole rings is 1. The van der Waals surface area contributed by atoms with Gasteiger partial charge in [-0.1, -0.05) is 18.2 Å². The molecule has 0 fully saturated rings. The summed E-state index contributed by atoms with van der Waals surface area (Å²) in [5.41, 5.74) is 2.74. The standard InChI is InChI=1S/C20H15BrN4O2/c1-27-14-9-10-15(16(21)12-14)19(26)24-20-23-18-17(8-5-11-22-18)25(20)13-6-3-2-4-7-13/h2-12H,1H3,(H,22,23,24,26). The van der Waals surface area contributed by atoms with Gasteiger partial charge in [0.1, 0.15) is 5.75 Å². The number of rotatable bonds is 4. The van der Waals surface area contributed by atoms with E-state index in [1.54, 1.807) is 31.5 Å². The molecule has 0 bridgehead atoms. The fourth-order valence-corrected chi connectivity index (χ4v) is 3.35. The zero-order chi connectivity index (χ0) is 18.8. The van der Waals surface area contributed by atoms with E-state index < -0.39 is 0 Å². The Bertz CT molecular complexity index is 1130. The van der Waals surface area contributed by atoms with Gasteiger partial charge >= 0.3 is 0 Å². The molecule has 0 unspecified atom stereocenters. The molecule has 0 aliphatic rings. The van der Waals surface area contributed by atoms with Gasteiger partial charge in [0.2, 0.25) is 5.95 Å². The van der Waals surface area contributed by atoms with E-state index in [1.807, 2.05) is 47.0 Å². The van der Waals surface area contributed by atoms with E-state index in [4.69, 9.17) is 4.74 Å². The molecular formula is C20H15BrN4O2. The molecule has 134 valence electrons. The van der Waals surface area contributed by atoms with Crippen LogP contribution in [-0.2, 0) is 0 Å². The number of amides is 1. The molecule has 2 heterocycles. The maximum Gasteiger partial charge on any atom is 0.259 e. The highest BCUT2D eigenvalue weighted by Crippen LogP contribution is 2.26. The van der Waals surface area contributed by atoms with Crippen molar-refractivity contribution in [3.8, 4) is 11.4 Å². The Morgan fingerprint density at radius 1 is 1.11 bits per heavy atom. The molecule has 1 N–H and O–H groups in total. The summed E-state index contributed by atoms with van der Waals surface area (Å²) >= 11 is 3.42. The summed E-state index contributed by atoms with van der Waals surface area (Å²) in [6.07, 6.45) is 1.68. The minimum atomic E-state index is -0.281. The molecule has 2 aromatic heterocycles. The first kappa shape index (κ1) is 17.2. The topological polar surface area (TPSA) is 69.0 Å². The summed E-state index contributed by atoms with van der Waals surface area (Å²) in [5, 5.41) is 2.90. The number of carbonyl (C=O) groups excluding carboxylic acids is 1.